The lowest BCUT2D eigenvalue weighted by molar-refractivity contribution is 0.146. The molecule has 0 aliphatic rings. The molecule has 0 aromatic carbocycles. The molecule has 0 amide bonds. The number of nitrogens with zero attached hydrogens (tertiary/aromatic N) is 1. The third-order valence-corrected chi connectivity index (χ3v) is 0.862. The van der Waals surface area contributed by atoms with Crippen LogP contribution in [0.15, 0.2) is 5.16 Å². The van der Waals surface area contributed by atoms with Gasteiger partial charge in [0.05, 0.1) is 0 Å². The number of unbranched alkanes of at least 4 members (excludes halogenated alkanes) is 1. The zero-order valence-corrected chi connectivity index (χ0v) is 6.26. The van der Waals surface area contributed by atoms with Crippen LogP contribution in [0, 0.1) is 0 Å². The molecule has 0 N–H and O–H groups in total. The molecular weight excluding hydrogens is 114 g/mol. The van der Waals surface area contributed by atoms with Gasteiger partial charge in [-0.1, -0.05) is 25.4 Å². The first-order valence-electron chi connectivity index (χ1n) is 3.55. The highest BCUT2D eigenvalue weighted by molar-refractivity contribution is 5.55. The van der Waals surface area contributed by atoms with Crippen molar-refractivity contribution in [2.24, 2.45) is 5.16 Å². The van der Waals surface area contributed by atoms with Gasteiger partial charge in [0.1, 0.15) is 6.61 Å². The van der Waals surface area contributed by atoms with Crippen LogP contribution >= 0.6 is 0 Å². The van der Waals surface area contributed by atoms with Crippen LogP contribution in [0.1, 0.15) is 33.1 Å². The molecular formula is C7H15NO. The molecule has 9 heavy (non-hydrogen) atoms. The Morgan fingerprint density at radius 1 is 1.33 bits per heavy atom. The summed E-state index contributed by atoms with van der Waals surface area (Å²) in [5.41, 5.74) is 0. The molecule has 0 aliphatic heterocycles. The van der Waals surface area contributed by atoms with Crippen LogP contribution in [0.25, 0.3) is 0 Å². The number of rotatable bonds is 5. The van der Waals surface area contributed by atoms with Crippen LogP contribution < -0.4 is 0 Å². The van der Waals surface area contributed by atoms with Crippen molar-refractivity contribution in [2.75, 3.05) is 6.61 Å². The Morgan fingerprint density at radius 3 is 2.67 bits per heavy atom. The van der Waals surface area contributed by atoms with Gasteiger partial charge in [0.2, 0.25) is 0 Å². The molecule has 2 heteroatoms. The zero-order chi connectivity index (χ0) is 6.95. The zero-order valence-electron chi connectivity index (χ0n) is 6.26. The van der Waals surface area contributed by atoms with E-state index in [2.05, 4.69) is 19.0 Å². The number of hydrogen-bond donors (Lipinski definition) is 0. The van der Waals surface area contributed by atoms with Gasteiger partial charge in [-0.2, -0.15) is 0 Å². The van der Waals surface area contributed by atoms with Crippen molar-refractivity contribution in [1.82, 2.24) is 0 Å². The average molecular weight is 129 g/mol. The van der Waals surface area contributed by atoms with Crippen LogP contribution in [0.2, 0.25) is 0 Å². The summed E-state index contributed by atoms with van der Waals surface area (Å²) in [5, 5.41) is 3.73. The monoisotopic (exact) mass is 129 g/mol. The van der Waals surface area contributed by atoms with Crippen LogP contribution in [-0.4, -0.2) is 12.8 Å². The summed E-state index contributed by atoms with van der Waals surface area (Å²) in [6.45, 7) is 4.92. The largest absolute Gasteiger partial charge is 0.396 e. The summed E-state index contributed by atoms with van der Waals surface area (Å²) in [6.07, 6.45) is 5.00. The summed E-state index contributed by atoms with van der Waals surface area (Å²) in [6, 6.07) is 0. The van der Waals surface area contributed by atoms with E-state index in [1.54, 1.807) is 0 Å². The van der Waals surface area contributed by atoms with Crippen LogP contribution in [-0.2, 0) is 4.84 Å². The van der Waals surface area contributed by atoms with Gasteiger partial charge in [-0.15, -0.1) is 0 Å². The topological polar surface area (TPSA) is 21.6 Å². The van der Waals surface area contributed by atoms with Crippen LogP contribution in [0.3, 0.4) is 0 Å². The fourth-order valence-electron chi connectivity index (χ4n) is 0.379. The lowest BCUT2D eigenvalue weighted by atomic mass is 10.4. The highest BCUT2D eigenvalue weighted by atomic mass is 16.6. The van der Waals surface area contributed by atoms with Crippen molar-refractivity contribution in [2.45, 2.75) is 33.1 Å². The minimum Gasteiger partial charge on any atom is -0.396 e. The second-order valence-corrected chi connectivity index (χ2v) is 1.91. The summed E-state index contributed by atoms with van der Waals surface area (Å²) in [7, 11) is 0. The Balaban J connectivity index is 2.86. The quantitative estimate of drug-likeness (QED) is 0.317. The van der Waals surface area contributed by atoms with E-state index < -0.39 is 0 Å². The van der Waals surface area contributed by atoms with E-state index >= 15 is 0 Å². The molecule has 0 radical (unpaired) electrons. The van der Waals surface area contributed by atoms with Crippen molar-refractivity contribution in [3.63, 3.8) is 0 Å². The minimum absolute atomic E-state index is 0.736. The Hall–Kier alpha value is -0.530. The summed E-state index contributed by atoms with van der Waals surface area (Å²) < 4.78 is 0. The van der Waals surface area contributed by atoms with Gasteiger partial charge in [0.25, 0.3) is 0 Å². The highest BCUT2D eigenvalue weighted by Gasteiger charge is 1.75. The van der Waals surface area contributed by atoms with E-state index in [1.807, 2.05) is 6.21 Å². The third kappa shape index (κ3) is 7.47. The molecule has 0 unspecified atom stereocenters. The van der Waals surface area contributed by atoms with Crippen molar-refractivity contribution in [3.8, 4) is 0 Å². The van der Waals surface area contributed by atoms with E-state index in [0.717, 1.165) is 25.9 Å². The second-order valence-electron chi connectivity index (χ2n) is 1.91. The van der Waals surface area contributed by atoms with Gasteiger partial charge < -0.3 is 4.84 Å². The highest BCUT2D eigenvalue weighted by Crippen LogP contribution is 1.83. The van der Waals surface area contributed by atoms with Gasteiger partial charge in [-0.05, 0) is 12.8 Å². The Labute approximate surface area is 56.9 Å². The lowest BCUT2D eigenvalue weighted by Gasteiger charge is -1.91. The molecule has 54 valence electrons. The van der Waals surface area contributed by atoms with E-state index in [9.17, 15) is 0 Å². The fraction of sp³-hybridized carbons (Fsp3) is 0.857. The van der Waals surface area contributed by atoms with Crippen LogP contribution in [0.4, 0.5) is 0 Å². The second kappa shape index (κ2) is 7.47. The maximum absolute atomic E-state index is 4.85. The summed E-state index contributed by atoms with van der Waals surface area (Å²) in [4.78, 5) is 4.85. The lowest BCUT2D eigenvalue weighted by Crippen LogP contribution is -1.84. The normalized spacial score (nSPS) is 10.4. The smallest absolute Gasteiger partial charge is 0.116 e. The van der Waals surface area contributed by atoms with Gasteiger partial charge in [0, 0.05) is 6.21 Å². The van der Waals surface area contributed by atoms with E-state index in [1.165, 1.54) is 0 Å². The first-order valence-corrected chi connectivity index (χ1v) is 3.55. The first-order chi connectivity index (χ1) is 4.41. The van der Waals surface area contributed by atoms with Crippen LogP contribution in [0.5, 0.6) is 0 Å². The minimum atomic E-state index is 0.736. The maximum Gasteiger partial charge on any atom is 0.116 e. The Bertz CT molecular complexity index is 71.3. The Morgan fingerprint density at radius 2 is 2.11 bits per heavy atom. The molecule has 0 aromatic heterocycles. The average Bonchev–Trinajstić information content (AvgIpc) is 1.89. The number of hydrogen-bond acceptors (Lipinski definition) is 2. The van der Waals surface area contributed by atoms with Gasteiger partial charge in [0.15, 0.2) is 0 Å². The molecule has 0 heterocycles. The first kappa shape index (κ1) is 8.47. The molecule has 0 fully saturated rings. The van der Waals surface area contributed by atoms with Gasteiger partial charge in [-0.25, -0.2) is 0 Å². The van der Waals surface area contributed by atoms with Crippen molar-refractivity contribution >= 4 is 6.21 Å². The molecule has 0 atom stereocenters. The number of oxime groups is 1. The Kier molecular flexibility index (Phi) is 7.03. The summed E-state index contributed by atoms with van der Waals surface area (Å²) >= 11 is 0. The van der Waals surface area contributed by atoms with E-state index in [-0.39, 0.29) is 0 Å². The predicted molar refractivity (Wildman–Crippen MR) is 39.6 cm³/mol. The van der Waals surface area contributed by atoms with Gasteiger partial charge in [-0.3, -0.25) is 0 Å². The molecule has 2 nitrogen and oxygen atoms in total. The van der Waals surface area contributed by atoms with E-state index in [4.69, 9.17) is 4.84 Å². The van der Waals surface area contributed by atoms with Crippen molar-refractivity contribution in [3.05, 3.63) is 0 Å². The maximum atomic E-state index is 4.85. The molecule has 0 rings (SSSR count). The van der Waals surface area contributed by atoms with E-state index in [0.29, 0.717) is 0 Å². The third-order valence-electron chi connectivity index (χ3n) is 0.862. The van der Waals surface area contributed by atoms with Crippen molar-refractivity contribution in [1.29, 1.82) is 0 Å². The summed E-state index contributed by atoms with van der Waals surface area (Å²) in [5.74, 6) is 0. The molecule has 0 spiro atoms. The van der Waals surface area contributed by atoms with Crippen molar-refractivity contribution < 1.29 is 4.84 Å². The molecule has 0 bridgehead atoms. The molecule has 0 aromatic rings. The molecule has 0 saturated carbocycles. The molecule has 0 saturated heterocycles. The molecule has 0 aliphatic carbocycles. The SMILES string of the molecule is CCC/C=N\OCCC. The standard InChI is InChI=1S/C7H15NO/c1-3-5-6-8-9-7-4-2/h6H,3-5,7H2,1-2H3/b8-6-. The van der Waals surface area contributed by atoms with Gasteiger partial charge >= 0.3 is 0 Å². The predicted octanol–water partition coefficient (Wildman–Crippen LogP) is 2.20. The fourth-order valence-corrected chi connectivity index (χ4v) is 0.379.